The number of furan rings is 1. The molecule has 1 rings (SSSR count). The molecule has 1 heterocycles. The van der Waals surface area contributed by atoms with Gasteiger partial charge >= 0.3 is 0 Å². The van der Waals surface area contributed by atoms with Crippen molar-refractivity contribution in [1.29, 1.82) is 0 Å². The van der Waals surface area contributed by atoms with Crippen molar-refractivity contribution in [3.63, 3.8) is 0 Å². The van der Waals surface area contributed by atoms with E-state index in [0.717, 1.165) is 11.3 Å². The van der Waals surface area contributed by atoms with Crippen LogP contribution < -0.4 is 5.73 Å². The Labute approximate surface area is 59.5 Å². The van der Waals surface area contributed by atoms with Crippen LogP contribution in [-0.2, 0) is 0 Å². The van der Waals surface area contributed by atoms with E-state index in [9.17, 15) is 5.11 Å². The number of hydrogen-bond donors (Lipinski definition) is 2. The number of nitrogens with two attached hydrogens (primary N) is 1. The molecule has 3 N–H and O–H groups in total. The Hall–Kier alpha value is -0.800. The topological polar surface area (TPSA) is 59.4 Å². The molecule has 3 heteroatoms. The predicted molar refractivity (Wildman–Crippen MR) is 37.5 cm³/mol. The summed E-state index contributed by atoms with van der Waals surface area (Å²) in [5, 5.41) is 9.21. The van der Waals surface area contributed by atoms with Crippen LogP contribution in [0.1, 0.15) is 17.4 Å². The minimum Gasteiger partial charge on any atom is -0.469 e. The quantitative estimate of drug-likeness (QED) is 0.633. The van der Waals surface area contributed by atoms with Gasteiger partial charge in [-0.05, 0) is 13.0 Å². The molecule has 0 amide bonds. The number of rotatable bonds is 2. The molecule has 0 aliphatic heterocycles. The van der Waals surface area contributed by atoms with Crippen molar-refractivity contribution in [2.24, 2.45) is 5.73 Å². The monoisotopic (exact) mass is 141 g/mol. The molecule has 0 aliphatic carbocycles. The molecule has 0 aliphatic rings. The van der Waals surface area contributed by atoms with Gasteiger partial charge in [-0.15, -0.1) is 0 Å². The fraction of sp³-hybridized carbons (Fsp3) is 0.429. The molecule has 3 nitrogen and oxygen atoms in total. The van der Waals surface area contributed by atoms with Gasteiger partial charge in [-0.2, -0.15) is 0 Å². The minimum absolute atomic E-state index is 0.236. The molecule has 0 unspecified atom stereocenters. The summed E-state index contributed by atoms with van der Waals surface area (Å²) in [4.78, 5) is 0. The third-order valence-electron chi connectivity index (χ3n) is 1.48. The van der Waals surface area contributed by atoms with Gasteiger partial charge in [0.15, 0.2) is 0 Å². The number of aryl methyl sites for hydroxylation is 1. The fourth-order valence-corrected chi connectivity index (χ4v) is 0.867. The third-order valence-corrected chi connectivity index (χ3v) is 1.48. The van der Waals surface area contributed by atoms with Gasteiger partial charge in [0.25, 0.3) is 0 Å². The zero-order valence-electron chi connectivity index (χ0n) is 5.87. The summed E-state index contributed by atoms with van der Waals surface area (Å²) in [6.07, 6.45) is 0.961. The van der Waals surface area contributed by atoms with Crippen LogP contribution in [-0.4, -0.2) is 11.7 Å². The SMILES string of the molecule is Cc1occc1[C@@H](O)CN. The highest BCUT2D eigenvalue weighted by Crippen LogP contribution is 2.16. The average Bonchev–Trinajstić information content (AvgIpc) is 2.34. The van der Waals surface area contributed by atoms with E-state index in [4.69, 9.17) is 10.2 Å². The first-order valence-corrected chi connectivity index (χ1v) is 3.18. The molecule has 1 aromatic heterocycles. The summed E-state index contributed by atoms with van der Waals surface area (Å²) in [5.41, 5.74) is 6.02. The second-order valence-electron chi connectivity index (χ2n) is 2.18. The number of aliphatic hydroxyl groups is 1. The fourth-order valence-electron chi connectivity index (χ4n) is 0.867. The van der Waals surface area contributed by atoms with E-state index >= 15 is 0 Å². The van der Waals surface area contributed by atoms with Gasteiger partial charge < -0.3 is 15.3 Å². The maximum Gasteiger partial charge on any atom is 0.106 e. The Morgan fingerprint density at radius 1 is 1.80 bits per heavy atom. The van der Waals surface area contributed by atoms with Gasteiger partial charge in [0.2, 0.25) is 0 Å². The largest absolute Gasteiger partial charge is 0.469 e. The van der Waals surface area contributed by atoms with E-state index in [0.29, 0.717) is 0 Å². The van der Waals surface area contributed by atoms with Crippen LogP contribution in [0.4, 0.5) is 0 Å². The summed E-state index contributed by atoms with van der Waals surface area (Å²) in [6, 6.07) is 1.73. The molecule has 1 aromatic rings. The second kappa shape index (κ2) is 2.86. The van der Waals surface area contributed by atoms with Crippen LogP contribution in [0, 0.1) is 6.92 Å². The van der Waals surface area contributed by atoms with Gasteiger partial charge in [0, 0.05) is 12.1 Å². The lowest BCUT2D eigenvalue weighted by atomic mass is 10.1. The first kappa shape index (κ1) is 7.31. The Morgan fingerprint density at radius 2 is 2.50 bits per heavy atom. The molecule has 0 saturated carbocycles. The predicted octanol–water partition coefficient (Wildman–Crippen LogP) is 0.580. The Kier molecular flexibility index (Phi) is 2.09. The standard InChI is InChI=1S/C7H11NO2/c1-5-6(2-3-10-5)7(9)4-8/h2-3,7,9H,4,8H2,1H3/t7-/m0/s1. The van der Waals surface area contributed by atoms with Crippen molar-refractivity contribution >= 4 is 0 Å². The summed E-state index contributed by atoms with van der Waals surface area (Å²) in [7, 11) is 0. The van der Waals surface area contributed by atoms with Crippen molar-refractivity contribution in [2.45, 2.75) is 13.0 Å². The van der Waals surface area contributed by atoms with Crippen LogP contribution in [0.15, 0.2) is 16.7 Å². The zero-order chi connectivity index (χ0) is 7.56. The molecule has 0 spiro atoms. The minimum atomic E-state index is -0.584. The third kappa shape index (κ3) is 1.20. The summed E-state index contributed by atoms with van der Waals surface area (Å²) in [5.74, 6) is 0.734. The van der Waals surface area contributed by atoms with Crippen molar-refractivity contribution in [2.75, 3.05) is 6.54 Å². The van der Waals surface area contributed by atoms with E-state index in [-0.39, 0.29) is 6.54 Å². The molecule has 56 valence electrons. The van der Waals surface area contributed by atoms with E-state index in [1.807, 2.05) is 0 Å². The second-order valence-corrected chi connectivity index (χ2v) is 2.18. The van der Waals surface area contributed by atoms with Crippen molar-refractivity contribution < 1.29 is 9.52 Å². The summed E-state index contributed by atoms with van der Waals surface area (Å²) < 4.78 is 4.97. The summed E-state index contributed by atoms with van der Waals surface area (Å²) >= 11 is 0. The maximum absolute atomic E-state index is 9.21. The van der Waals surface area contributed by atoms with Crippen molar-refractivity contribution in [3.05, 3.63) is 23.7 Å². The first-order valence-electron chi connectivity index (χ1n) is 3.18. The lowest BCUT2D eigenvalue weighted by molar-refractivity contribution is 0.184. The highest BCUT2D eigenvalue weighted by Gasteiger charge is 2.09. The van der Waals surface area contributed by atoms with Gasteiger partial charge in [0.05, 0.1) is 12.4 Å². The van der Waals surface area contributed by atoms with Crippen LogP contribution >= 0.6 is 0 Å². The Balaban J connectivity index is 2.82. The molecular weight excluding hydrogens is 130 g/mol. The average molecular weight is 141 g/mol. The molecule has 0 fully saturated rings. The Bertz CT molecular complexity index is 207. The van der Waals surface area contributed by atoms with Crippen molar-refractivity contribution in [3.8, 4) is 0 Å². The van der Waals surface area contributed by atoms with Crippen LogP contribution in [0.5, 0.6) is 0 Å². The lowest BCUT2D eigenvalue weighted by Crippen LogP contribution is -2.11. The Morgan fingerprint density at radius 3 is 2.90 bits per heavy atom. The van der Waals surface area contributed by atoms with Gasteiger partial charge in [-0.25, -0.2) is 0 Å². The molecule has 0 saturated heterocycles. The van der Waals surface area contributed by atoms with Crippen molar-refractivity contribution in [1.82, 2.24) is 0 Å². The highest BCUT2D eigenvalue weighted by atomic mass is 16.3. The molecule has 0 aromatic carbocycles. The van der Waals surface area contributed by atoms with Crippen LogP contribution in [0.2, 0.25) is 0 Å². The van der Waals surface area contributed by atoms with E-state index in [1.165, 1.54) is 0 Å². The van der Waals surface area contributed by atoms with Crippen LogP contribution in [0.3, 0.4) is 0 Å². The van der Waals surface area contributed by atoms with Crippen LogP contribution in [0.25, 0.3) is 0 Å². The van der Waals surface area contributed by atoms with Gasteiger partial charge in [0.1, 0.15) is 5.76 Å². The first-order chi connectivity index (χ1) is 4.75. The van der Waals surface area contributed by atoms with E-state index < -0.39 is 6.10 Å². The lowest BCUT2D eigenvalue weighted by Gasteiger charge is -2.03. The number of hydrogen-bond acceptors (Lipinski definition) is 3. The smallest absolute Gasteiger partial charge is 0.106 e. The molecule has 0 bridgehead atoms. The van der Waals surface area contributed by atoms with E-state index in [2.05, 4.69) is 0 Å². The molecule has 0 radical (unpaired) electrons. The number of aliphatic hydroxyl groups excluding tert-OH is 1. The normalized spacial score (nSPS) is 13.5. The zero-order valence-corrected chi connectivity index (χ0v) is 5.87. The van der Waals surface area contributed by atoms with Gasteiger partial charge in [-0.1, -0.05) is 0 Å². The van der Waals surface area contributed by atoms with Gasteiger partial charge in [-0.3, -0.25) is 0 Å². The molecule has 10 heavy (non-hydrogen) atoms. The highest BCUT2D eigenvalue weighted by molar-refractivity contribution is 5.18. The molecule has 1 atom stereocenters. The molecular formula is C7H11NO2. The summed E-state index contributed by atoms with van der Waals surface area (Å²) in [6.45, 7) is 2.04. The maximum atomic E-state index is 9.21. The van der Waals surface area contributed by atoms with E-state index in [1.54, 1.807) is 19.3 Å².